The third-order valence-electron chi connectivity index (χ3n) is 3.89. The first-order chi connectivity index (χ1) is 9.08. The van der Waals surface area contributed by atoms with Gasteiger partial charge in [-0.1, -0.05) is 0 Å². The number of hydrogen-bond acceptors (Lipinski definition) is 5. The molecule has 0 spiro atoms. The standard InChI is InChI=1S/C12H14N4O3/c13-12(17)7-3-6(16(18)19)1-2-10(7)15-11-8-4-14-5-9(8)11/h1-3,8-9,11,14-15H,4-5H2,(H2,13,17). The van der Waals surface area contributed by atoms with Gasteiger partial charge in [0.25, 0.3) is 11.6 Å². The largest absolute Gasteiger partial charge is 0.381 e. The molecule has 1 saturated carbocycles. The fraction of sp³-hybridized carbons (Fsp3) is 0.417. The van der Waals surface area contributed by atoms with Crippen molar-refractivity contribution in [3.05, 3.63) is 33.9 Å². The molecule has 0 aromatic heterocycles. The lowest BCUT2D eigenvalue weighted by Gasteiger charge is -2.11. The summed E-state index contributed by atoms with van der Waals surface area (Å²) in [5, 5.41) is 17.3. The van der Waals surface area contributed by atoms with Crippen molar-refractivity contribution in [1.29, 1.82) is 0 Å². The van der Waals surface area contributed by atoms with Gasteiger partial charge in [-0.2, -0.15) is 0 Å². The third-order valence-corrected chi connectivity index (χ3v) is 3.89. The number of piperidine rings is 1. The highest BCUT2D eigenvalue weighted by molar-refractivity contribution is 5.99. The van der Waals surface area contributed by atoms with E-state index < -0.39 is 10.8 Å². The van der Waals surface area contributed by atoms with Gasteiger partial charge >= 0.3 is 0 Å². The molecule has 19 heavy (non-hydrogen) atoms. The molecule has 0 radical (unpaired) electrons. The monoisotopic (exact) mass is 262 g/mol. The number of fused-ring (bicyclic) bond motifs is 1. The lowest BCUT2D eigenvalue weighted by atomic mass is 10.1. The van der Waals surface area contributed by atoms with E-state index in [0.29, 0.717) is 23.6 Å². The van der Waals surface area contributed by atoms with Crippen LogP contribution in [0.15, 0.2) is 18.2 Å². The second kappa shape index (κ2) is 4.20. The smallest absolute Gasteiger partial charge is 0.270 e. The van der Waals surface area contributed by atoms with Crippen molar-refractivity contribution in [2.24, 2.45) is 17.6 Å². The quantitative estimate of drug-likeness (QED) is 0.534. The molecule has 1 aliphatic heterocycles. The van der Waals surface area contributed by atoms with E-state index in [4.69, 9.17) is 5.73 Å². The van der Waals surface area contributed by atoms with Crippen LogP contribution in [0.1, 0.15) is 10.4 Å². The van der Waals surface area contributed by atoms with Gasteiger partial charge in [-0.25, -0.2) is 0 Å². The molecular weight excluding hydrogens is 248 g/mol. The lowest BCUT2D eigenvalue weighted by molar-refractivity contribution is -0.384. The summed E-state index contributed by atoms with van der Waals surface area (Å²) in [5.41, 5.74) is 5.91. The minimum atomic E-state index is -0.657. The highest BCUT2D eigenvalue weighted by Gasteiger charge is 2.53. The van der Waals surface area contributed by atoms with Gasteiger partial charge < -0.3 is 16.4 Å². The van der Waals surface area contributed by atoms with Crippen LogP contribution < -0.4 is 16.4 Å². The molecule has 7 nitrogen and oxygen atoms in total. The molecule has 2 atom stereocenters. The molecule has 2 fully saturated rings. The van der Waals surface area contributed by atoms with Gasteiger partial charge in [0.15, 0.2) is 0 Å². The SMILES string of the molecule is NC(=O)c1cc([N+](=O)[O-])ccc1NC1C2CNCC21. The molecule has 0 bridgehead atoms. The molecule has 1 aliphatic carbocycles. The van der Waals surface area contributed by atoms with Crippen LogP contribution in [0.5, 0.6) is 0 Å². The molecule has 2 aliphatic rings. The summed E-state index contributed by atoms with van der Waals surface area (Å²) in [4.78, 5) is 21.6. The number of amides is 1. The van der Waals surface area contributed by atoms with Crippen molar-refractivity contribution in [1.82, 2.24) is 5.32 Å². The van der Waals surface area contributed by atoms with Gasteiger partial charge in [-0.3, -0.25) is 14.9 Å². The Kier molecular flexibility index (Phi) is 2.63. The molecule has 1 heterocycles. The molecule has 1 amide bonds. The van der Waals surface area contributed by atoms with Gasteiger partial charge in [0, 0.05) is 37.0 Å². The highest BCUT2D eigenvalue weighted by Crippen LogP contribution is 2.44. The summed E-state index contributed by atoms with van der Waals surface area (Å²) in [6, 6.07) is 4.49. The van der Waals surface area contributed by atoms with Crippen molar-refractivity contribution < 1.29 is 9.72 Å². The number of nitrogens with two attached hydrogens (primary N) is 1. The Labute approximate surface area is 109 Å². The van der Waals surface area contributed by atoms with Gasteiger partial charge in [0.1, 0.15) is 0 Å². The van der Waals surface area contributed by atoms with Crippen LogP contribution in [0.3, 0.4) is 0 Å². The van der Waals surface area contributed by atoms with Crippen molar-refractivity contribution in [2.45, 2.75) is 6.04 Å². The maximum absolute atomic E-state index is 11.4. The Balaban J connectivity index is 1.84. The van der Waals surface area contributed by atoms with E-state index in [1.807, 2.05) is 0 Å². The maximum Gasteiger partial charge on any atom is 0.270 e. The van der Waals surface area contributed by atoms with Crippen LogP contribution in [0.25, 0.3) is 0 Å². The summed E-state index contributed by atoms with van der Waals surface area (Å²) in [5.74, 6) is 0.502. The van der Waals surface area contributed by atoms with E-state index in [-0.39, 0.29) is 11.3 Å². The molecule has 3 rings (SSSR count). The second-order valence-corrected chi connectivity index (χ2v) is 5.01. The summed E-state index contributed by atoms with van der Waals surface area (Å²) < 4.78 is 0. The number of carbonyl (C=O) groups excluding carboxylic acids is 1. The predicted octanol–water partition coefficient (Wildman–Crippen LogP) is 0.323. The minimum Gasteiger partial charge on any atom is -0.381 e. The number of primary amides is 1. The van der Waals surface area contributed by atoms with E-state index in [1.54, 1.807) is 6.07 Å². The number of nitrogens with zero attached hydrogens (tertiary/aromatic N) is 1. The van der Waals surface area contributed by atoms with Gasteiger partial charge in [-0.15, -0.1) is 0 Å². The van der Waals surface area contributed by atoms with E-state index in [1.165, 1.54) is 12.1 Å². The zero-order valence-corrected chi connectivity index (χ0v) is 10.1. The normalized spacial score (nSPS) is 27.7. The Bertz CT molecular complexity index is 550. The first kappa shape index (κ1) is 11.9. The molecule has 2 unspecified atom stereocenters. The molecule has 100 valence electrons. The van der Waals surface area contributed by atoms with Crippen LogP contribution in [0.4, 0.5) is 11.4 Å². The fourth-order valence-electron chi connectivity index (χ4n) is 2.79. The zero-order chi connectivity index (χ0) is 13.6. The van der Waals surface area contributed by atoms with E-state index in [0.717, 1.165) is 13.1 Å². The van der Waals surface area contributed by atoms with E-state index in [9.17, 15) is 14.9 Å². The Morgan fingerprint density at radius 2 is 2.11 bits per heavy atom. The van der Waals surface area contributed by atoms with Crippen LogP contribution in [0, 0.1) is 22.0 Å². The average Bonchev–Trinajstić information content (AvgIpc) is 2.82. The molecule has 4 N–H and O–H groups in total. The van der Waals surface area contributed by atoms with Crippen molar-refractivity contribution >= 4 is 17.3 Å². The van der Waals surface area contributed by atoms with E-state index in [2.05, 4.69) is 10.6 Å². The molecule has 1 saturated heterocycles. The Hall–Kier alpha value is -2.15. The second-order valence-electron chi connectivity index (χ2n) is 5.01. The number of rotatable bonds is 4. The van der Waals surface area contributed by atoms with Crippen LogP contribution in [-0.4, -0.2) is 30.0 Å². The minimum absolute atomic E-state index is 0.128. The van der Waals surface area contributed by atoms with Crippen LogP contribution in [0.2, 0.25) is 0 Å². The summed E-state index contributed by atoms with van der Waals surface area (Å²) >= 11 is 0. The molecule has 1 aromatic carbocycles. The number of carbonyl (C=O) groups is 1. The molecule has 7 heteroatoms. The number of nitro benzene ring substituents is 1. The molecular formula is C12H14N4O3. The summed E-state index contributed by atoms with van der Waals surface area (Å²) in [6.07, 6.45) is 0. The summed E-state index contributed by atoms with van der Waals surface area (Å²) in [6.45, 7) is 1.95. The first-order valence-corrected chi connectivity index (χ1v) is 6.13. The predicted molar refractivity (Wildman–Crippen MR) is 68.9 cm³/mol. The number of hydrogen-bond donors (Lipinski definition) is 3. The van der Waals surface area contributed by atoms with Crippen molar-refractivity contribution in [2.75, 3.05) is 18.4 Å². The number of nitro groups is 1. The topological polar surface area (TPSA) is 110 Å². The Morgan fingerprint density at radius 3 is 2.68 bits per heavy atom. The number of nitrogens with one attached hydrogen (secondary N) is 2. The molecule has 1 aromatic rings. The van der Waals surface area contributed by atoms with Gasteiger partial charge in [0.05, 0.1) is 10.5 Å². The maximum atomic E-state index is 11.4. The van der Waals surface area contributed by atoms with Crippen molar-refractivity contribution in [3.63, 3.8) is 0 Å². The Morgan fingerprint density at radius 1 is 1.42 bits per heavy atom. The fourth-order valence-corrected chi connectivity index (χ4v) is 2.79. The van der Waals surface area contributed by atoms with Gasteiger partial charge in [0.2, 0.25) is 0 Å². The number of non-ortho nitro benzene ring substituents is 1. The van der Waals surface area contributed by atoms with Crippen molar-refractivity contribution in [3.8, 4) is 0 Å². The average molecular weight is 262 g/mol. The first-order valence-electron chi connectivity index (χ1n) is 6.13. The summed E-state index contributed by atoms with van der Waals surface area (Å²) in [7, 11) is 0. The van der Waals surface area contributed by atoms with Gasteiger partial charge in [-0.05, 0) is 17.9 Å². The zero-order valence-electron chi connectivity index (χ0n) is 10.1. The lowest BCUT2D eigenvalue weighted by Crippen LogP contribution is -2.23. The van der Waals surface area contributed by atoms with Crippen LogP contribution >= 0.6 is 0 Å². The van der Waals surface area contributed by atoms with Crippen LogP contribution in [-0.2, 0) is 0 Å². The third kappa shape index (κ3) is 2.01. The number of anilines is 1. The highest BCUT2D eigenvalue weighted by atomic mass is 16.6. The van der Waals surface area contributed by atoms with E-state index >= 15 is 0 Å². The number of benzene rings is 1.